The quantitative estimate of drug-likeness (QED) is 0.428. The third-order valence-corrected chi connectivity index (χ3v) is 1.33. The van der Waals surface area contributed by atoms with Gasteiger partial charge in [0.25, 0.3) is 0 Å². The number of allylic oxidation sites excluding steroid dienone is 2. The van der Waals surface area contributed by atoms with Crippen LogP contribution in [0, 0.1) is 0 Å². The summed E-state index contributed by atoms with van der Waals surface area (Å²) in [6.07, 6.45) is 1.72. The van der Waals surface area contributed by atoms with Crippen LogP contribution in [0.2, 0.25) is 0 Å². The van der Waals surface area contributed by atoms with E-state index in [0.717, 1.165) is 5.70 Å². The highest BCUT2D eigenvalue weighted by atomic mass is 35.5. The summed E-state index contributed by atoms with van der Waals surface area (Å²) in [7, 11) is 0. The topological polar surface area (TPSA) is 24.4 Å². The van der Waals surface area contributed by atoms with Crippen LogP contribution in [0.5, 0.6) is 0 Å². The lowest BCUT2D eigenvalue weighted by atomic mass is 10.4. The summed E-state index contributed by atoms with van der Waals surface area (Å²) in [5.41, 5.74) is 0.539. The SMILES string of the molecule is CC1=CC(Cl)=NC(Cl)N1. The molecule has 0 saturated heterocycles. The predicted molar refractivity (Wildman–Crippen MR) is 39.8 cm³/mol. The zero-order valence-corrected chi connectivity index (χ0v) is 6.37. The largest absolute Gasteiger partial charge is 0.355 e. The first-order valence-corrected chi connectivity index (χ1v) is 3.32. The van der Waals surface area contributed by atoms with E-state index < -0.39 is 5.62 Å². The van der Waals surface area contributed by atoms with Gasteiger partial charge in [-0.2, -0.15) is 0 Å². The van der Waals surface area contributed by atoms with Crippen LogP contribution in [0.15, 0.2) is 16.8 Å². The lowest BCUT2D eigenvalue weighted by Crippen LogP contribution is -2.24. The monoisotopic (exact) mass is 164 g/mol. The van der Waals surface area contributed by atoms with Crippen molar-refractivity contribution in [3.8, 4) is 0 Å². The van der Waals surface area contributed by atoms with Gasteiger partial charge < -0.3 is 5.32 Å². The summed E-state index contributed by atoms with van der Waals surface area (Å²) in [6.45, 7) is 1.88. The van der Waals surface area contributed by atoms with Gasteiger partial charge in [-0.25, -0.2) is 4.99 Å². The van der Waals surface area contributed by atoms with Crippen molar-refractivity contribution in [2.24, 2.45) is 4.99 Å². The molecule has 0 spiro atoms. The van der Waals surface area contributed by atoms with E-state index in [4.69, 9.17) is 23.2 Å². The Bertz CT molecular complexity index is 174. The maximum absolute atomic E-state index is 5.58. The first-order valence-electron chi connectivity index (χ1n) is 2.51. The Labute approximate surface area is 63.6 Å². The van der Waals surface area contributed by atoms with Gasteiger partial charge in [-0.1, -0.05) is 23.2 Å². The molecule has 0 aromatic carbocycles. The lowest BCUT2D eigenvalue weighted by Gasteiger charge is -2.13. The molecule has 0 bridgehead atoms. The van der Waals surface area contributed by atoms with Crippen LogP contribution in [0.3, 0.4) is 0 Å². The highest BCUT2D eigenvalue weighted by Crippen LogP contribution is 2.07. The van der Waals surface area contributed by atoms with Gasteiger partial charge in [0.1, 0.15) is 5.17 Å². The number of halogens is 2. The molecule has 4 heteroatoms. The van der Waals surface area contributed by atoms with Crippen LogP contribution in [-0.2, 0) is 0 Å². The van der Waals surface area contributed by atoms with E-state index in [2.05, 4.69) is 10.3 Å². The molecule has 1 aliphatic rings. The Hall–Kier alpha value is -0.210. The second-order valence-corrected chi connectivity index (χ2v) is 2.56. The molecule has 0 aromatic rings. The summed E-state index contributed by atoms with van der Waals surface area (Å²) >= 11 is 11.1. The minimum absolute atomic E-state index is 0.400. The van der Waals surface area contributed by atoms with E-state index in [0.29, 0.717) is 5.17 Å². The summed E-state index contributed by atoms with van der Waals surface area (Å²) < 4.78 is 0. The second kappa shape index (κ2) is 2.58. The minimum atomic E-state index is -0.400. The van der Waals surface area contributed by atoms with Gasteiger partial charge >= 0.3 is 0 Å². The van der Waals surface area contributed by atoms with Gasteiger partial charge in [0, 0.05) is 5.70 Å². The smallest absolute Gasteiger partial charge is 0.196 e. The molecule has 0 aromatic heterocycles. The molecule has 1 heterocycles. The first-order chi connectivity index (χ1) is 4.18. The van der Waals surface area contributed by atoms with Crippen molar-refractivity contribution in [3.63, 3.8) is 0 Å². The Morgan fingerprint density at radius 2 is 2.44 bits per heavy atom. The average molecular weight is 165 g/mol. The van der Waals surface area contributed by atoms with Gasteiger partial charge in [0.15, 0.2) is 5.62 Å². The summed E-state index contributed by atoms with van der Waals surface area (Å²) in [5.74, 6) is 0. The van der Waals surface area contributed by atoms with Crippen molar-refractivity contribution >= 4 is 28.4 Å². The van der Waals surface area contributed by atoms with Crippen LogP contribution in [0.1, 0.15) is 6.92 Å². The van der Waals surface area contributed by atoms with Crippen molar-refractivity contribution in [2.75, 3.05) is 0 Å². The van der Waals surface area contributed by atoms with Crippen molar-refractivity contribution in [1.29, 1.82) is 0 Å². The van der Waals surface area contributed by atoms with Crippen LogP contribution in [-0.4, -0.2) is 10.8 Å². The maximum atomic E-state index is 5.58. The van der Waals surface area contributed by atoms with E-state index >= 15 is 0 Å². The molecule has 0 radical (unpaired) electrons. The third kappa shape index (κ3) is 1.88. The number of rotatable bonds is 0. The van der Waals surface area contributed by atoms with Gasteiger partial charge in [-0.3, -0.25) is 0 Å². The average Bonchev–Trinajstić information content (AvgIpc) is 1.59. The van der Waals surface area contributed by atoms with E-state index in [9.17, 15) is 0 Å². The second-order valence-electron chi connectivity index (χ2n) is 1.76. The number of hydrogen-bond donors (Lipinski definition) is 1. The van der Waals surface area contributed by atoms with Crippen LogP contribution in [0.4, 0.5) is 0 Å². The molecule has 2 nitrogen and oxygen atoms in total. The summed E-state index contributed by atoms with van der Waals surface area (Å²) in [4.78, 5) is 3.79. The van der Waals surface area contributed by atoms with Crippen LogP contribution < -0.4 is 5.32 Å². The molecular formula is C5H6Cl2N2. The Kier molecular flexibility index (Phi) is 1.98. The first kappa shape index (κ1) is 6.90. The van der Waals surface area contributed by atoms with Crippen molar-refractivity contribution < 1.29 is 0 Å². The van der Waals surface area contributed by atoms with Crippen LogP contribution in [0.25, 0.3) is 0 Å². The molecule has 1 rings (SSSR count). The lowest BCUT2D eigenvalue weighted by molar-refractivity contribution is 0.756. The highest BCUT2D eigenvalue weighted by molar-refractivity contribution is 6.68. The number of nitrogens with zero attached hydrogens (tertiary/aromatic N) is 1. The number of aliphatic imine (C=N–C) groups is 1. The summed E-state index contributed by atoms with van der Waals surface area (Å²) in [5, 5.41) is 3.31. The Morgan fingerprint density at radius 3 is 2.89 bits per heavy atom. The zero-order valence-electron chi connectivity index (χ0n) is 4.86. The van der Waals surface area contributed by atoms with Crippen molar-refractivity contribution in [3.05, 3.63) is 11.8 Å². The highest BCUT2D eigenvalue weighted by Gasteiger charge is 2.06. The zero-order chi connectivity index (χ0) is 6.85. The molecule has 1 aliphatic heterocycles. The molecular weight excluding hydrogens is 159 g/mol. The van der Waals surface area contributed by atoms with E-state index in [1.165, 1.54) is 0 Å². The molecule has 0 aliphatic carbocycles. The van der Waals surface area contributed by atoms with E-state index in [1.54, 1.807) is 6.08 Å². The van der Waals surface area contributed by atoms with Crippen molar-refractivity contribution in [1.82, 2.24) is 5.32 Å². The maximum Gasteiger partial charge on any atom is 0.196 e. The van der Waals surface area contributed by atoms with Crippen LogP contribution >= 0.6 is 23.2 Å². The molecule has 0 fully saturated rings. The summed E-state index contributed by atoms with van der Waals surface area (Å²) in [6, 6.07) is 0. The van der Waals surface area contributed by atoms with E-state index in [-0.39, 0.29) is 0 Å². The predicted octanol–water partition coefficient (Wildman–Crippen LogP) is 1.65. The molecule has 50 valence electrons. The number of alkyl halides is 1. The number of hydrogen-bond acceptors (Lipinski definition) is 2. The van der Waals surface area contributed by atoms with E-state index in [1.807, 2.05) is 6.92 Å². The number of nitrogens with one attached hydrogen (secondary N) is 1. The normalized spacial score (nSPS) is 26.3. The van der Waals surface area contributed by atoms with Gasteiger partial charge in [0.2, 0.25) is 0 Å². The fourth-order valence-electron chi connectivity index (χ4n) is 0.586. The van der Waals surface area contributed by atoms with Gasteiger partial charge in [-0.15, -0.1) is 0 Å². The Morgan fingerprint density at radius 1 is 1.78 bits per heavy atom. The third-order valence-electron chi connectivity index (χ3n) is 0.919. The fraction of sp³-hybridized carbons (Fsp3) is 0.400. The molecule has 1 atom stereocenters. The fourth-order valence-corrected chi connectivity index (χ4v) is 1.17. The molecule has 0 amide bonds. The van der Waals surface area contributed by atoms with Gasteiger partial charge in [0.05, 0.1) is 0 Å². The van der Waals surface area contributed by atoms with Crippen molar-refractivity contribution in [2.45, 2.75) is 12.5 Å². The Balaban J connectivity index is 2.74. The molecule has 1 N–H and O–H groups in total. The molecule has 1 unspecified atom stereocenters. The van der Waals surface area contributed by atoms with Gasteiger partial charge in [-0.05, 0) is 13.0 Å². The standard InChI is InChI=1S/C5H6Cl2N2/c1-3-2-4(6)9-5(7)8-3/h2,5,8H,1H3. The minimum Gasteiger partial charge on any atom is -0.355 e. The molecule has 0 saturated carbocycles. The molecule has 9 heavy (non-hydrogen) atoms.